The summed E-state index contributed by atoms with van der Waals surface area (Å²) >= 11 is 1.61. The Kier molecular flexibility index (Phi) is 6.16. The van der Waals surface area contributed by atoms with Crippen molar-refractivity contribution in [2.75, 3.05) is 45.8 Å². The van der Waals surface area contributed by atoms with Crippen LogP contribution in [0.2, 0.25) is 0 Å². The SMILES string of the molecule is O=C(CN1CCN(Cc2nc(-c3cccs3)no2)CC1)N1CCCCCC1. The summed E-state index contributed by atoms with van der Waals surface area (Å²) in [5.74, 6) is 1.62. The zero-order valence-corrected chi connectivity index (χ0v) is 16.5. The van der Waals surface area contributed by atoms with Gasteiger partial charge >= 0.3 is 0 Å². The second-order valence-corrected chi connectivity index (χ2v) is 8.28. The Bertz CT molecular complexity index is 716. The molecule has 2 aliphatic heterocycles. The monoisotopic (exact) mass is 389 g/mol. The third-order valence-corrected chi connectivity index (χ3v) is 6.22. The van der Waals surface area contributed by atoms with Crippen LogP contribution < -0.4 is 0 Å². The van der Waals surface area contributed by atoms with E-state index in [0.29, 0.717) is 30.7 Å². The molecule has 0 aromatic carbocycles. The van der Waals surface area contributed by atoms with Gasteiger partial charge in [0.1, 0.15) is 0 Å². The highest BCUT2D eigenvalue weighted by atomic mass is 32.1. The van der Waals surface area contributed by atoms with Crippen LogP contribution in [-0.4, -0.2) is 76.6 Å². The van der Waals surface area contributed by atoms with Crippen molar-refractivity contribution in [1.82, 2.24) is 24.8 Å². The number of hydrogen-bond acceptors (Lipinski definition) is 7. The topological polar surface area (TPSA) is 65.7 Å². The first-order chi connectivity index (χ1) is 13.3. The van der Waals surface area contributed by atoms with Crippen LogP contribution in [0.3, 0.4) is 0 Å². The molecule has 0 radical (unpaired) electrons. The molecular weight excluding hydrogens is 362 g/mol. The van der Waals surface area contributed by atoms with Gasteiger partial charge in [-0.1, -0.05) is 24.1 Å². The van der Waals surface area contributed by atoms with Crippen LogP contribution in [0.15, 0.2) is 22.0 Å². The number of aromatic nitrogens is 2. The smallest absolute Gasteiger partial charge is 0.241 e. The van der Waals surface area contributed by atoms with E-state index in [1.54, 1.807) is 11.3 Å². The highest BCUT2D eigenvalue weighted by molar-refractivity contribution is 7.13. The van der Waals surface area contributed by atoms with E-state index in [2.05, 4.69) is 24.8 Å². The van der Waals surface area contributed by atoms with Crippen molar-refractivity contribution in [1.29, 1.82) is 0 Å². The lowest BCUT2D eigenvalue weighted by Gasteiger charge is -2.34. The second kappa shape index (κ2) is 8.95. The minimum absolute atomic E-state index is 0.294. The number of nitrogens with zero attached hydrogens (tertiary/aromatic N) is 5. The molecule has 7 nitrogen and oxygen atoms in total. The van der Waals surface area contributed by atoms with E-state index in [1.807, 2.05) is 17.5 Å². The van der Waals surface area contributed by atoms with Gasteiger partial charge in [0.2, 0.25) is 17.6 Å². The number of carbonyl (C=O) groups is 1. The lowest BCUT2D eigenvalue weighted by Crippen LogP contribution is -2.49. The molecule has 146 valence electrons. The Morgan fingerprint density at radius 3 is 2.48 bits per heavy atom. The van der Waals surface area contributed by atoms with E-state index in [4.69, 9.17) is 4.52 Å². The average Bonchev–Trinajstić information content (AvgIpc) is 3.29. The van der Waals surface area contributed by atoms with Gasteiger partial charge in [-0.3, -0.25) is 14.6 Å². The summed E-state index contributed by atoms with van der Waals surface area (Å²) in [7, 11) is 0. The Labute approximate surface area is 163 Å². The molecule has 0 saturated carbocycles. The van der Waals surface area contributed by atoms with Gasteiger partial charge in [0.05, 0.1) is 18.0 Å². The summed E-state index contributed by atoms with van der Waals surface area (Å²) in [5.41, 5.74) is 0. The van der Waals surface area contributed by atoms with Crippen molar-refractivity contribution in [2.45, 2.75) is 32.2 Å². The fourth-order valence-electron chi connectivity index (χ4n) is 3.73. The number of rotatable bonds is 5. The normalized spacial score (nSPS) is 19.9. The zero-order chi connectivity index (χ0) is 18.5. The van der Waals surface area contributed by atoms with Crippen molar-refractivity contribution in [2.24, 2.45) is 0 Å². The third kappa shape index (κ3) is 4.94. The molecule has 0 atom stereocenters. The minimum Gasteiger partial charge on any atom is -0.342 e. The van der Waals surface area contributed by atoms with Gasteiger partial charge in [0.25, 0.3) is 0 Å². The molecule has 4 heterocycles. The summed E-state index contributed by atoms with van der Waals surface area (Å²) in [6.45, 7) is 6.75. The summed E-state index contributed by atoms with van der Waals surface area (Å²) in [6.07, 6.45) is 4.81. The van der Waals surface area contributed by atoms with Crippen LogP contribution in [-0.2, 0) is 11.3 Å². The molecule has 0 spiro atoms. The maximum Gasteiger partial charge on any atom is 0.241 e. The first-order valence-corrected chi connectivity index (χ1v) is 10.7. The van der Waals surface area contributed by atoms with Crippen LogP contribution in [0.25, 0.3) is 10.7 Å². The average molecular weight is 390 g/mol. The highest BCUT2D eigenvalue weighted by Crippen LogP contribution is 2.21. The van der Waals surface area contributed by atoms with Gasteiger partial charge in [-0.05, 0) is 24.3 Å². The molecule has 0 bridgehead atoms. The molecule has 2 saturated heterocycles. The molecule has 2 fully saturated rings. The molecular formula is C19H27N5O2S. The molecule has 2 aromatic heterocycles. The van der Waals surface area contributed by atoms with Crippen molar-refractivity contribution in [3.05, 3.63) is 23.4 Å². The van der Waals surface area contributed by atoms with E-state index in [9.17, 15) is 4.79 Å². The van der Waals surface area contributed by atoms with Gasteiger partial charge in [0, 0.05) is 39.3 Å². The predicted molar refractivity (Wildman–Crippen MR) is 104 cm³/mol. The lowest BCUT2D eigenvalue weighted by atomic mass is 10.2. The molecule has 27 heavy (non-hydrogen) atoms. The van der Waals surface area contributed by atoms with E-state index in [-0.39, 0.29) is 0 Å². The molecule has 4 rings (SSSR count). The lowest BCUT2D eigenvalue weighted by molar-refractivity contribution is -0.132. The van der Waals surface area contributed by atoms with Gasteiger partial charge in [0.15, 0.2) is 0 Å². The van der Waals surface area contributed by atoms with Crippen LogP contribution in [0, 0.1) is 0 Å². The molecule has 0 N–H and O–H groups in total. The third-order valence-electron chi connectivity index (χ3n) is 5.35. The van der Waals surface area contributed by atoms with Crippen molar-refractivity contribution < 1.29 is 9.32 Å². The van der Waals surface area contributed by atoms with Crippen molar-refractivity contribution >= 4 is 17.2 Å². The van der Waals surface area contributed by atoms with Gasteiger partial charge in [-0.2, -0.15) is 4.98 Å². The Morgan fingerprint density at radius 1 is 1.04 bits per heavy atom. The standard InChI is InChI=1S/C19H27N5O2S/c25-18(24-7-3-1-2-4-8-24)15-23-11-9-22(10-12-23)14-17-20-19(21-26-17)16-6-5-13-27-16/h5-6,13H,1-4,7-12,14-15H2. The molecule has 8 heteroatoms. The predicted octanol–water partition coefficient (Wildman–Crippen LogP) is 2.32. The Hall–Kier alpha value is -1.77. The number of carbonyl (C=O) groups excluding carboxylic acids is 1. The van der Waals surface area contributed by atoms with E-state index < -0.39 is 0 Å². The van der Waals surface area contributed by atoms with Gasteiger partial charge in [-0.15, -0.1) is 11.3 Å². The molecule has 2 aromatic rings. The summed E-state index contributed by atoms with van der Waals surface area (Å²) in [4.78, 5) is 24.7. The van der Waals surface area contributed by atoms with Crippen LogP contribution >= 0.6 is 11.3 Å². The number of hydrogen-bond donors (Lipinski definition) is 0. The largest absolute Gasteiger partial charge is 0.342 e. The zero-order valence-electron chi connectivity index (χ0n) is 15.7. The summed E-state index contributed by atoms with van der Waals surface area (Å²) in [6, 6.07) is 3.99. The summed E-state index contributed by atoms with van der Waals surface area (Å²) in [5, 5.41) is 6.09. The van der Waals surface area contributed by atoms with E-state index in [0.717, 1.165) is 57.0 Å². The fraction of sp³-hybridized carbons (Fsp3) is 0.632. The molecule has 0 aliphatic carbocycles. The quantitative estimate of drug-likeness (QED) is 0.782. The van der Waals surface area contributed by atoms with Crippen LogP contribution in [0.4, 0.5) is 0 Å². The van der Waals surface area contributed by atoms with Crippen LogP contribution in [0.5, 0.6) is 0 Å². The van der Waals surface area contributed by atoms with E-state index in [1.165, 1.54) is 12.8 Å². The number of thiophene rings is 1. The number of likely N-dealkylation sites (tertiary alicyclic amines) is 1. The molecule has 1 amide bonds. The maximum absolute atomic E-state index is 12.5. The first-order valence-electron chi connectivity index (χ1n) is 9.87. The first kappa shape index (κ1) is 18.6. The second-order valence-electron chi connectivity index (χ2n) is 7.34. The highest BCUT2D eigenvalue weighted by Gasteiger charge is 2.23. The van der Waals surface area contributed by atoms with Crippen molar-refractivity contribution in [3.8, 4) is 10.7 Å². The van der Waals surface area contributed by atoms with Gasteiger partial charge < -0.3 is 9.42 Å². The fourth-order valence-corrected chi connectivity index (χ4v) is 4.38. The molecule has 0 unspecified atom stereocenters. The Balaban J connectivity index is 1.22. The van der Waals surface area contributed by atoms with Gasteiger partial charge in [-0.25, -0.2) is 0 Å². The molecule has 2 aliphatic rings. The van der Waals surface area contributed by atoms with E-state index >= 15 is 0 Å². The maximum atomic E-state index is 12.5. The van der Waals surface area contributed by atoms with Crippen LogP contribution in [0.1, 0.15) is 31.6 Å². The van der Waals surface area contributed by atoms with Crippen molar-refractivity contribution in [3.63, 3.8) is 0 Å². The number of amides is 1. The summed E-state index contributed by atoms with van der Waals surface area (Å²) < 4.78 is 5.40. The number of piperazine rings is 1. The minimum atomic E-state index is 0.294. The Morgan fingerprint density at radius 2 is 1.78 bits per heavy atom.